The summed E-state index contributed by atoms with van der Waals surface area (Å²) in [4.78, 5) is 14.1. The van der Waals surface area contributed by atoms with Gasteiger partial charge >= 0.3 is 5.69 Å². The maximum absolute atomic E-state index is 10.7. The van der Waals surface area contributed by atoms with Gasteiger partial charge in [-0.1, -0.05) is 0 Å². The molecule has 0 aliphatic carbocycles. The van der Waals surface area contributed by atoms with E-state index < -0.39 is 4.92 Å². The predicted octanol–water partition coefficient (Wildman–Crippen LogP) is 1.94. The molecule has 0 amide bonds. The van der Waals surface area contributed by atoms with Crippen molar-refractivity contribution in [2.24, 2.45) is 0 Å². The van der Waals surface area contributed by atoms with Gasteiger partial charge in [0.1, 0.15) is 6.61 Å². The molecule has 92 valence electrons. The lowest BCUT2D eigenvalue weighted by Gasteiger charge is -2.22. The van der Waals surface area contributed by atoms with Crippen molar-refractivity contribution in [3.8, 4) is 5.88 Å². The van der Waals surface area contributed by atoms with Crippen LogP contribution in [0.2, 0.25) is 0 Å². The molecule has 0 radical (unpaired) electrons. The van der Waals surface area contributed by atoms with Gasteiger partial charge in [-0.25, -0.2) is 4.98 Å². The lowest BCUT2D eigenvalue weighted by Crippen LogP contribution is -2.26. The van der Waals surface area contributed by atoms with Crippen molar-refractivity contribution >= 4 is 5.69 Å². The Kier molecular flexibility index (Phi) is 3.87. The smallest absolute Gasteiger partial charge is 0.330 e. The molecular formula is C11H14N2O4. The van der Waals surface area contributed by atoms with Crippen molar-refractivity contribution < 1.29 is 14.4 Å². The molecule has 0 saturated carbocycles. The van der Waals surface area contributed by atoms with Crippen molar-refractivity contribution in [3.05, 3.63) is 28.4 Å². The van der Waals surface area contributed by atoms with Crippen molar-refractivity contribution in [1.29, 1.82) is 0 Å². The third-order valence-electron chi connectivity index (χ3n) is 2.63. The number of hydrogen-bond donors (Lipinski definition) is 0. The van der Waals surface area contributed by atoms with E-state index in [0.29, 0.717) is 6.61 Å². The van der Waals surface area contributed by atoms with Gasteiger partial charge < -0.3 is 9.47 Å². The van der Waals surface area contributed by atoms with Crippen LogP contribution in [0.5, 0.6) is 5.88 Å². The zero-order valence-electron chi connectivity index (χ0n) is 9.37. The topological polar surface area (TPSA) is 74.5 Å². The Balaban J connectivity index is 1.96. The van der Waals surface area contributed by atoms with Gasteiger partial charge in [0.15, 0.2) is 0 Å². The lowest BCUT2D eigenvalue weighted by molar-refractivity contribution is -0.386. The molecule has 0 N–H and O–H groups in total. The average molecular weight is 238 g/mol. The summed E-state index contributed by atoms with van der Waals surface area (Å²) in [6.07, 6.45) is 4.61. The van der Waals surface area contributed by atoms with E-state index in [1.807, 2.05) is 0 Å². The number of nitrogens with zero attached hydrogens (tertiary/aromatic N) is 2. The van der Waals surface area contributed by atoms with E-state index in [4.69, 9.17) is 9.47 Å². The fourth-order valence-corrected chi connectivity index (χ4v) is 1.74. The molecule has 1 fully saturated rings. The fourth-order valence-electron chi connectivity index (χ4n) is 1.74. The standard InChI is InChI=1S/C11H14N2O4/c14-13(15)10-5-3-6-12-11(10)17-8-9-4-1-2-7-16-9/h3,5-6,9H,1-2,4,7-8H2/t9-/m1/s1. The van der Waals surface area contributed by atoms with Gasteiger partial charge in [0.05, 0.1) is 11.0 Å². The maximum atomic E-state index is 10.7. The molecule has 1 aliphatic heterocycles. The van der Waals surface area contributed by atoms with Crippen LogP contribution < -0.4 is 4.74 Å². The molecule has 6 nitrogen and oxygen atoms in total. The van der Waals surface area contributed by atoms with Crippen LogP contribution in [0.1, 0.15) is 19.3 Å². The van der Waals surface area contributed by atoms with E-state index in [-0.39, 0.29) is 17.7 Å². The summed E-state index contributed by atoms with van der Waals surface area (Å²) in [7, 11) is 0. The minimum atomic E-state index is -0.496. The van der Waals surface area contributed by atoms with E-state index in [2.05, 4.69) is 4.98 Å². The second-order valence-corrected chi connectivity index (χ2v) is 3.88. The van der Waals surface area contributed by atoms with E-state index in [1.54, 1.807) is 0 Å². The van der Waals surface area contributed by atoms with Crippen LogP contribution in [-0.2, 0) is 4.74 Å². The molecular weight excluding hydrogens is 224 g/mol. The Morgan fingerprint density at radius 1 is 1.59 bits per heavy atom. The Hall–Kier alpha value is -1.69. The SMILES string of the molecule is O=[N+]([O-])c1cccnc1OC[C@H]1CCCCO1. The van der Waals surface area contributed by atoms with Crippen LogP contribution in [0.4, 0.5) is 5.69 Å². The summed E-state index contributed by atoms with van der Waals surface area (Å²) in [6, 6.07) is 2.90. The third kappa shape index (κ3) is 3.13. The van der Waals surface area contributed by atoms with Crippen molar-refractivity contribution in [1.82, 2.24) is 4.98 Å². The summed E-state index contributed by atoms with van der Waals surface area (Å²) in [5.74, 6) is 0.0617. The molecule has 1 atom stereocenters. The molecule has 1 saturated heterocycles. The van der Waals surface area contributed by atoms with Crippen LogP contribution in [0.15, 0.2) is 18.3 Å². The Bertz CT molecular complexity index is 391. The number of ether oxygens (including phenoxy) is 2. The lowest BCUT2D eigenvalue weighted by atomic mass is 10.1. The number of rotatable bonds is 4. The molecule has 2 rings (SSSR count). The van der Waals surface area contributed by atoms with Gasteiger partial charge in [0.25, 0.3) is 5.88 Å². The summed E-state index contributed by atoms with van der Waals surface area (Å²) in [5, 5.41) is 10.7. The van der Waals surface area contributed by atoms with Crippen LogP contribution >= 0.6 is 0 Å². The highest BCUT2D eigenvalue weighted by atomic mass is 16.6. The van der Waals surface area contributed by atoms with Gasteiger partial charge in [-0.15, -0.1) is 0 Å². The largest absolute Gasteiger partial charge is 0.470 e. The van der Waals surface area contributed by atoms with Crippen molar-refractivity contribution in [2.45, 2.75) is 25.4 Å². The molecule has 17 heavy (non-hydrogen) atoms. The molecule has 2 heterocycles. The molecule has 0 aromatic carbocycles. The first-order chi connectivity index (χ1) is 8.27. The Morgan fingerprint density at radius 3 is 3.18 bits per heavy atom. The quantitative estimate of drug-likeness (QED) is 0.592. The fraction of sp³-hybridized carbons (Fsp3) is 0.545. The second-order valence-electron chi connectivity index (χ2n) is 3.88. The molecule has 0 unspecified atom stereocenters. The van der Waals surface area contributed by atoms with Gasteiger partial charge in [-0.05, 0) is 25.3 Å². The van der Waals surface area contributed by atoms with Crippen molar-refractivity contribution in [2.75, 3.05) is 13.2 Å². The first-order valence-corrected chi connectivity index (χ1v) is 5.61. The van der Waals surface area contributed by atoms with Crippen LogP contribution in [-0.4, -0.2) is 29.2 Å². The second kappa shape index (κ2) is 5.58. The predicted molar refractivity (Wildman–Crippen MR) is 60.0 cm³/mol. The van der Waals surface area contributed by atoms with Gasteiger partial charge in [0, 0.05) is 18.9 Å². The molecule has 1 aromatic heterocycles. The zero-order chi connectivity index (χ0) is 12.1. The number of nitro groups is 1. The number of hydrogen-bond acceptors (Lipinski definition) is 5. The van der Waals surface area contributed by atoms with E-state index in [0.717, 1.165) is 25.9 Å². The number of pyridine rings is 1. The van der Waals surface area contributed by atoms with E-state index in [9.17, 15) is 10.1 Å². The highest BCUT2D eigenvalue weighted by Gasteiger charge is 2.19. The van der Waals surface area contributed by atoms with E-state index >= 15 is 0 Å². The Labute approximate surface area is 98.7 Å². The van der Waals surface area contributed by atoms with E-state index in [1.165, 1.54) is 18.3 Å². The Morgan fingerprint density at radius 2 is 2.47 bits per heavy atom. The van der Waals surface area contributed by atoms with Crippen LogP contribution in [0.25, 0.3) is 0 Å². The number of aromatic nitrogens is 1. The van der Waals surface area contributed by atoms with Crippen LogP contribution in [0.3, 0.4) is 0 Å². The third-order valence-corrected chi connectivity index (χ3v) is 2.63. The summed E-state index contributed by atoms with van der Waals surface area (Å²) in [5.41, 5.74) is -0.108. The normalized spacial score (nSPS) is 19.9. The molecule has 0 spiro atoms. The minimum absolute atomic E-state index is 0.0189. The summed E-state index contributed by atoms with van der Waals surface area (Å²) in [6.45, 7) is 1.05. The zero-order valence-corrected chi connectivity index (χ0v) is 9.37. The first kappa shape index (κ1) is 11.8. The van der Waals surface area contributed by atoms with Gasteiger partial charge in [-0.2, -0.15) is 0 Å². The van der Waals surface area contributed by atoms with Gasteiger partial charge in [-0.3, -0.25) is 10.1 Å². The summed E-state index contributed by atoms with van der Waals surface area (Å²) < 4.78 is 10.8. The first-order valence-electron chi connectivity index (χ1n) is 5.61. The maximum Gasteiger partial charge on any atom is 0.330 e. The molecule has 0 bridgehead atoms. The highest BCUT2D eigenvalue weighted by molar-refractivity contribution is 5.39. The molecule has 6 heteroatoms. The highest BCUT2D eigenvalue weighted by Crippen LogP contribution is 2.23. The molecule has 1 aliphatic rings. The minimum Gasteiger partial charge on any atom is -0.470 e. The van der Waals surface area contributed by atoms with Crippen LogP contribution in [0, 0.1) is 10.1 Å². The summed E-state index contributed by atoms with van der Waals surface area (Å²) >= 11 is 0. The molecule has 1 aromatic rings. The average Bonchev–Trinajstić information content (AvgIpc) is 2.38. The monoisotopic (exact) mass is 238 g/mol. The van der Waals surface area contributed by atoms with Gasteiger partial charge in [0.2, 0.25) is 0 Å². The van der Waals surface area contributed by atoms with Crippen molar-refractivity contribution in [3.63, 3.8) is 0 Å².